The highest BCUT2D eigenvalue weighted by atomic mass is 16.5. The molecule has 0 atom stereocenters. The second-order valence-electron chi connectivity index (χ2n) is 9.79. The number of nitrogens with one attached hydrogen (secondary N) is 1. The molecule has 0 unspecified atom stereocenters. The average molecular weight is 521 g/mol. The third kappa shape index (κ3) is 6.68. The Morgan fingerprint density at radius 1 is 0.923 bits per heavy atom. The molecule has 5 rings (SSSR count). The number of piperidine rings is 1. The first-order valence-electron chi connectivity index (χ1n) is 13.3. The van der Waals surface area contributed by atoms with Gasteiger partial charge in [-0.25, -0.2) is 0 Å². The lowest BCUT2D eigenvalue weighted by Crippen LogP contribution is -2.37. The predicted molar refractivity (Wildman–Crippen MR) is 152 cm³/mol. The van der Waals surface area contributed by atoms with Crippen molar-refractivity contribution in [2.24, 2.45) is 0 Å². The number of anilines is 1. The van der Waals surface area contributed by atoms with Crippen LogP contribution in [0.2, 0.25) is 0 Å². The quantitative estimate of drug-likeness (QED) is 0.320. The molecule has 1 fully saturated rings. The molecule has 0 bridgehead atoms. The van der Waals surface area contributed by atoms with Gasteiger partial charge < -0.3 is 15.0 Å². The molecule has 0 radical (unpaired) electrons. The minimum absolute atomic E-state index is 0.0362. The number of pyridine rings is 2. The summed E-state index contributed by atoms with van der Waals surface area (Å²) in [5.74, 6) is 1.13. The van der Waals surface area contributed by atoms with Gasteiger partial charge in [0.1, 0.15) is 5.75 Å². The molecule has 39 heavy (non-hydrogen) atoms. The Kier molecular flexibility index (Phi) is 8.26. The maximum Gasteiger partial charge on any atom is 0.253 e. The zero-order valence-electron chi connectivity index (χ0n) is 22.0. The van der Waals surface area contributed by atoms with Crippen molar-refractivity contribution >= 4 is 17.5 Å². The topological polar surface area (TPSA) is 84.4 Å². The molecule has 1 aliphatic rings. The molecule has 2 aromatic carbocycles. The first-order chi connectivity index (χ1) is 19.1. The number of hydrogen-bond donors (Lipinski definition) is 1. The molecule has 1 N–H and O–H groups in total. The van der Waals surface area contributed by atoms with Crippen molar-refractivity contribution in [1.82, 2.24) is 14.9 Å². The van der Waals surface area contributed by atoms with Gasteiger partial charge in [-0.2, -0.15) is 0 Å². The van der Waals surface area contributed by atoms with Gasteiger partial charge in [0.15, 0.2) is 0 Å². The van der Waals surface area contributed by atoms with Crippen LogP contribution in [-0.2, 0) is 11.2 Å². The number of methoxy groups -OCH3 is 1. The Balaban J connectivity index is 1.09. The van der Waals surface area contributed by atoms with Crippen LogP contribution >= 0.6 is 0 Å². The second kappa shape index (κ2) is 12.3. The fourth-order valence-electron chi connectivity index (χ4n) is 4.97. The predicted octanol–water partition coefficient (Wildman–Crippen LogP) is 5.74. The third-order valence-corrected chi connectivity index (χ3v) is 7.22. The van der Waals surface area contributed by atoms with Gasteiger partial charge in [-0.3, -0.25) is 19.6 Å². The third-order valence-electron chi connectivity index (χ3n) is 7.22. The molecule has 2 amide bonds. The summed E-state index contributed by atoms with van der Waals surface area (Å²) in [5.41, 5.74) is 5.79. The van der Waals surface area contributed by atoms with E-state index in [1.807, 2.05) is 65.7 Å². The molecular weight excluding hydrogens is 488 g/mol. The van der Waals surface area contributed by atoms with E-state index in [-0.39, 0.29) is 11.8 Å². The van der Waals surface area contributed by atoms with Gasteiger partial charge >= 0.3 is 0 Å². The maximum atomic E-state index is 13.1. The fraction of sp³-hybridized carbons (Fsp3) is 0.250. The number of rotatable bonds is 8. The number of nitrogens with zero attached hydrogens (tertiary/aromatic N) is 3. The minimum atomic E-state index is -0.0362. The van der Waals surface area contributed by atoms with Gasteiger partial charge in [-0.1, -0.05) is 30.3 Å². The summed E-state index contributed by atoms with van der Waals surface area (Å²) in [5, 5.41) is 2.98. The van der Waals surface area contributed by atoms with E-state index in [0.717, 1.165) is 48.3 Å². The zero-order valence-corrected chi connectivity index (χ0v) is 22.0. The van der Waals surface area contributed by atoms with Crippen molar-refractivity contribution in [1.29, 1.82) is 0 Å². The smallest absolute Gasteiger partial charge is 0.253 e. The monoisotopic (exact) mass is 520 g/mol. The SMILES string of the molecule is COc1cncc(CCC(=O)Nc2ccc(C3CCN(C(=O)c4ccc(-c5cccnc5)cc4)CC3)cc2)c1. The van der Waals surface area contributed by atoms with E-state index in [2.05, 4.69) is 27.4 Å². The average Bonchev–Trinajstić information content (AvgIpc) is 3.01. The number of amides is 2. The number of aryl methyl sites for hydroxylation is 1. The van der Waals surface area contributed by atoms with E-state index < -0.39 is 0 Å². The van der Waals surface area contributed by atoms with E-state index in [9.17, 15) is 9.59 Å². The summed E-state index contributed by atoms with van der Waals surface area (Å²) in [4.78, 5) is 35.8. The molecule has 0 spiro atoms. The minimum Gasteiger partial charge on any atom is -0.495 e. The summed E-state index contributed by atoms with van der Waals surface area (Å²) >= 11 is 0. The normalized spacial score (nSPS) is 13.6. The van der Waals surface area contributed by atoms with E-state index in [0.29, 0.717) is 30.1 Å². The van der Waals surface area contributed by atoms with Crippen molar-refractivity contribution in [3.05, 3.63) is 108 Å². The molecule has 0 saturated carbocycles. The van der Waals surface area contributed by atoms with E-state index in [1.54, 1.807) is 25.7 Å². The van der Waals surface area contributed by atoms with Crippen molar-refractivity contribution in [3.8, 4) is 16.9 Å². The van der Waals surface area contributed by atoms with Gasteiger partial charge in [0, 0.05) is 49.4 Å². The second-order valence-corrected chi connectivity index (χ2v) is 9.79. The van der Waals surface area contributed by atoms with Gasteiger partial charge in [0.25, 0.3) is 5.91 Å². The Bertz CT molecular complexity index is 1400. The van der Waals surface area contributed by atoms with Crippen LogP contribution in [-0.4, -0.2) is 46.9 Å². The summed E-state index contributed by atoms with van der Waals surface area (Å²) in [6.07, 6.45) is 9.78. The zero-order chi connectivity index (χ0) is 27.0. The van der Waals surface area contributed by atoms with Gasteiger partial charge in [-0.15, -0.1) is 0 Å². The van der Waals surface area contributed by atoms with E-state index in [4.69, 9.17) is 4.74 Å². The first kappa shape index (κ1) is 26.1. The number of ether oxygens (including phenoxy) is 1. The number of carbonyl (C=O) groups excluding carboxylic acids is 2. The number of carbonyl (C=O) groups is 2. The van der Waals surface area contributed by atoms with Crippen LogP contribution in [0.3, 0.4) is 0 Å². The van der Waals surface area contributed by atoms with Gasteiger partial charge in [-0.05, 0) is 83.8 Å². The fourth-order valence-corrected chi connectivity index (χ4v) is 4.97. The maximum absolute atomic E-state index is 13.1. The molecule has 7 heteroatoms. The van der Waals surface area contributed by atoms with Crippen molar-refractivity contribution in [3.63, 3.8) is 0 Å². The molecule has 7 nitrogen and oxygen atoms in total. The van der Waals surface area contributed by atoms with Crippen molar-refractivity contribution in [2.75, 3.05) is 25.5 Å². The molecule has 198 valence electrons. The molecule has 4 aromatic rings. The highest BCUT2D eigenvalue weighted by Crippen LogP contribution is 2.30. The van der Waals surface area contributed by atoms with E-state index >= 15 is 0 Å². The van der Waals surface area contributed by atoms with Crippen molar-refractivity contribution < 1.29 is 14.3 Å². The van der Waals surface area contributed by atoms with Crippen LogP contribution in [0, 0.1) is 0 Å². The largest absolute Gasteiger partial charge is 0.495 e. The molecule has 0 aliphatic carbocycles. The lowest BCUT2D eigenvalue weighted by atomic mass is 9.89. The highest BCUT2D eigenvalue weighted by Gasteiger charge is 2.24. The number of likely N-dealkylation sites (tertiary alicyclic amines) is 1. The van der Waals surface area contributed by atoms with Crippen LogP contribution in [0.1, 0.15) is 46.7 Å². The van der Waals surface area contributed by atoms with Crippen LogP contribution in [0.15, 0.2) is 91.5 Å². The van der Waals surface area contributed by atoms with Gasteiger partial charge in [0.2, 0.25) is 5.91 Å². The molecule has 3 heterocycles. The number of hydrogen-bond acceptors (Lipinski definition) is 5. The Morgan fingerprint density at radius 2 is 1.69 bits per heavy atom. The van der Waals surface area contributed by atoms with Crippen LogP contribution in [0.4, 0.5) is 5.69 Å². The number of benzene rings is 2. The molecule has 2 aromatic heterocycles. The van der Waals surface area contributed by atoms with Crippen LogP contribution in [0.5, 0.6) is 5.75 Å². The molecule has 1 aliphatic heterocycles. The molecule has 1 saturated heterocycles. The first-order valence-corrected chi connectivity index (χ1v) is 13.3. The summed E-state index contributed by atoms with van der Waals surface area (Å²) in [6.45, 7) is 1.46. The van der Waals surface area contributed by atoms with Crippen LogP contribution in [0.25, 0.3) is 11.1 Å². The standard InChI is InChI=1S/C32H32N4O3/c1-39-30-19-23(20-34-22-30)4-13-31(37)35-29-11-9-24(10-12-29)26-14-17-36(18-15-26)32(38)27-7-5-25(6-8-27)28-3-2-16-33-21-28/h2-3,5-12,16,19-22,26H,4,13-15,17-18H2,1H3,(H,35,37). The lowest BCUT2D eigenvalue weighted by Gasteiger charge is -2.32. The van der Waals surface area contributed by atoms with E-state index in [1.165, 1.54) is 5.56 Å². The highest BCUT2D eigenvalue weighted by molar-refractivity contribution is 5.95. The van der Waals surface area contributed by atoms with Crippen molar-refractivity contribution in [2.45, 2.75) is 31.6 Å². The Labute approximate surface area is 228 Å². The molecular formula is C32H32N4O3. The summed E-state index contributed by atoms with van der Waals surface area (Å²) in [7, 11) is 1.60. The van der Waals surface area contributed by atoms with Crippen LogP contribution < -0.4 is 10.1 Å². The summed E-state index contributed by atoms with van der Waals surface area (Å²) in [6, 6.07) is 21.7. The lowest BCUT2D eigenvalue weighted by molar-refractivity contribution is -0.116. The Morgan fingerprint density at radius 3 is 2.38 bits per heavy atom. The van der Waals surface area contributed by atoms with Gasteiger partial charge in [0.05, 0.1) is 13.3 Å². The Hall–Kier alpha value is -4.52. The summed E-state index contributed by atoms with van der Waals surface area (Å²) < 4.78 is 5.19. The number of aromatic nitrogens is 2.